The van der Waals surface area contributed by atoms with E-state index in [0.717, 1.165) is 24.0 Å². The predicted octanol–water partition coefficient (Wildman–Crippen LogP) is 2.61. The molecule has 0 fully saturated rings. The van der Waals surface area contributed by atoms with Crippen LogP contribution in [-0.2, 0) is 6.54 Å². The van der Waals surface area contributed by atoms with E-state index in [1.54, 1.807) is 13.2 Å². The summed E-state index contributed by atoms with van der Waals surface area (Å²) in [6.07, 6.45) is 1.88. The minimum Gasteiger partial charge on any atom is -0.496 e. The lowest BCUT2D eigenvalue weighted by Gasteiger charge is -2.12. The lowest BCUT2D eigenvalue weighted by molar-refractivity contribution is 0.416. The number of nitrogens with zero attached hydrogens (tertiary/aromatic N) is 2. The molecule has 1 heterocycles. The monoisotopic (exact) mass is 287 g/mol. The van der Waals surface area contributed by atoms with E-state index in [1.807, 2.05) is 25.1 Å². The molecule has 5 nitrogen and oxygen atoms in total. The van der Waals surface area contributed by atoms with Crippen LogP contribution in [0.3, 0.4) is 0 Å². The summed E-state index contributed by atoms with van der Waals surface area (Å²) in [5.74, 6) is 0.716. The Hall–Kier alpha value is -2.30. The van der Waals surface area contributed by atoms with Crippen LogP contribution in [0.15, 0.2) is 29.1 Å². The number of unbranched alkanes of at least 4 members (excludes halogenated alkanes) is 1. The van der Waals surface area contributed by atoms with Crippen molar-refractivity contribution in [3.63, 3.8) is 0 Å². The van der Waals surface area contributed by atoms with Gasteiger partial charge in [-0.15, -0.1) is 0 Å². The lowest BCUT2D eigenvalue weighted by atomic mass is 10.1. The summed E-state index contributed by atoms with van der Waals surface area (Å²) < 4.78 is 6.82. The number of hydrogen-bond donors (Lipinski definition) is 1. The minimum absolute atomic E-state index is 0.208. The molecule has 0 spiro atoms. The summed E-state index contributed by atoms with van der Waals surface area (Å²) in [6.45, 7) is 4.64. The third-order valence-electron chi connectivity index (χ3n) is 3.36. The van der Waals surface area contributed by atoms with Crippen molar-refractivity contribution < 1.29 is 4.74 Å². The van der Waals surface area contributed by atoms with E-state index in [0.29, 0.717) is 18.0 Å². The van der Waals surface area contributed by atoms with E-state index in [9.17, 15) is 4.79 Å². The maximum atomic E-state index is 12.0. The van der Waals surface area contributed by atoms with E-state index >= 15 is 0 Å². The molecule has 0 amide bonds. The molecule has 0 atom stereocenters. The van der Waals surface area contributed by atoms with Gasteiger partial charge in [-0.25, -0.2) is 4.68 Å². The van der Waals surface area contributed by atoms with E-state index in [2.05, 4.69) is 12.0 Å². The first-order valence-corrected chi connectivity index (χ1v) is 7.09. The molecular formula is C16H21N3O2. The summed E-state index contributed by atoms with van der Waals surface area (Å²) in [4.78, 5) is 12.0. The molecule has 21 heavy (non-hydrogen) atoms. The first kappa shape index (κ1) is 15.1. The number of benzene rings is 1. The molecule has 0 aliphatic carbocycles. The maximum Gasteiger partial charge on any atom is 0.289 e. The van der Waals surface area contributed by atoms with E-state index in [4.69, 9.17) is 10.5 Å². The average molecular weight is 287 g/mol. The Labute approximate surface area is 124 Å². The Morgan fingerprint density at radius 3 is 2.76 bits per heavy atom. The van der Waals surface area contributed by atoms with Crippen molar-refractivity contribution in [2.45, 2.75) is 33.2 Å². The number of rotatable bonds is 5. The van der Waals surface area contributed by atoms with E-state index in [1.165, 1.54) is 4.68 Å². The maximum absolute atomic E-state index is 12.0. The zero-order valence-corrected chi connectivity index (χ0v) is 12.7. The van der Waals surface area contributed by atoms with Gasteiger partial charge in [0.2, 0.25) is 0 Å². The molecule has 0 aliphatic heterocycles. The first-order valence-electron chi connectivity index (χ1n) is 7.09. The van der Waals surface area contributed by atoms with Gasteiger partial charge in [-0.2, -0.15) is 5.10 Å². The van der Waals surface area contributed by atoms with Crippen molar-refractivity contribution >= 4 is 5.69 Å². The van der Waals surface area contributed by atoms with Crippen LogP contribution < -0.4 is 16.0 Å². The van der Waals surface area contributed by atoms with Crippen LogP contribution in [0.4, 0.5) is 5.69 Å². The normalized spacial score (nSPS) is 10.6. The zero-order chi connectivity index (χ0) is 15.4. The number of ether oxygens (including phenoxy) is 1. The Kier molecular flexibility index (Phi) is 4.62. The highest BCUT2D eigenvalue weighted by Crippen LogP contribution is 2.29. The van der Waals surface area contributed by atoms with Gasteiger partial charge in [-0.05, 0) is 31.5 Å². The van der Waals surface area contributed by atoms with E-state index in [-0.39, 0.29) is 11.2 Å². The fourth-order valence-electron chi connectivity index (χ4n) is 2.18. The van der Waals surface area contributed by atoms with Crippen LogP contribution in [0.1, 0.15) is 25.3 Å². The average Bonchev–Trinajstić information content (AvgIpc) is 2.48. The van der Waals surface area contributed by atoms with Gasteiger partial charge < -0.3 is 10.5 Å². The Morgan fingerprint density at radius 2 is 2.10 bits per heavy atom. The van der Waals surface area contributed by atoms with Crippen LogP contribution in [-0.4, -0.2) is 16.9 Å². The zero-order valence-electron chi connectivity index (χ0n) is 12.7. The van der Waals surface area contributed by atoms with Crippen molar-refractivity contribution in [2.24, 2.45) is 0 Å². The second-order valence-corrected chi connectivity index (χ2v) is 5.07. The Bertz CT molecular complexity index is 692. The molecule has 0 bridgehead atoms. The molecule has 112 valence electrons. The number of aryl methyl sites for hydroxylation is 2. The van der Waals surface area contributed by atoms with Crippen LogP contribution in [0.2, 0.25) is 0 Å². The van der Waals surface area contributed by atoms with Gasteiger partial charge in [0.1, 0.15) is 11.4 Å². The van der Waals surface area contributed by atoms with Gasteiger partial charge in [0.05, 0.1) is 12.8 Å². The van der Waals surface area contributed by atoms with Gasteiger partial charge in [-0.3, -0.25) is 4.79 Å². The van der Waals surface area contributed by atoms with Crippen molar-refractivity contribution in [3.05, 3.63) is 40.2 Å². The second kappa shape index (κ2) is 6.43. The SMILES string of the molecule is CCCCn1nc(-c2cc(C)ccc2OC)cc(N)c1=O. The van der Waals surface area contributed by atoms with Gasteiger partial charge in [0.15, 0.2) is 0 Å². The quantitative estimate of drug-likeness (QED) is 0.917. The summed E-state index contributed by atoms with van der Waals surface area (Å²) in [6, 6.07) is 7.46. The highest BCUT2D eigenvalue weighted by atomic mass is 16.5. The summed E-state index contributed by atoms with van der Waals surface area (Å²) in [7, 11) is 1.62. The summed E-state index contributed by atoms with van der Waals surface area (Å²) >= 11 is 0. The number of nitrogen functional groups attached to an aromatic ring is 1. The summed E-state index contributed by atoms with van der Waals surface area (Å²) in [5.41, 5.74) is 8.41. The first-order chi connectivity index (χ1) is 10.1. The molecule has 0 aliphatic rings. The van der Waals surface area contributed by atoms with Crippen LogP contribution in [0, 0.1) is 6.92 Å². The van der Waals surface area contributed by atoms with Crippen molar-refractivity contribution in [1.82, 2.24) is 9.78 Å². The number of methoxy groups -OCH3 is 1. The number of anilines is 1. The predicted molar refractivity (Wildman–Crippen MR) is 84.5 cm³/mol. The van der Waals surface area contributed by atoms with Crippen LogP contribution >= 0.6 is 0 Å². The molecule has 1 aromatic heterocycles. The van der Waals surface area contributed by atoms with Crippen molar-refractivity contribution in [3.8, 4) is 17.0 Å². The van der Waals surface area contributed by atoms with Gasteiger partial charge in [0, 0.05) is 12.1 Å². The van der Waals surface area contributed by atoms with Gasteiger partial charge in [-0.1, -0.05) is 25.0 Å². The Balaban J connectivity index is 2.56. The molecule has 2 N–H and O–H groups in total. The third-order valence-corrected chi connectivity index (χ3v) is 3.36. The minimum atomic E-state index is -0.237. The lowest BCUT2D eigenvalue weighted by Crippen LogP contribution is -2.26. The van der Waals surface area contributed by atoms with Crippen molar-refractivity contribution in [1.29, 1.82) is 0 Å². The smallest absolute Gasteiger partial charge is 0.289 e. The number of aromatic nitrogens is 2. The number of nitrogens with two attached hydrogens (primary N) is 1. The molecule has 0 saturated heterocycles. The molecule has 0 saturated carbocycles. The third kappa shape index (κ3) is 3.24. The van der Waals surface area contributed by atoms with Gasteiger partial charge in [0.25, 0.3) is 5.56 Å². The summed E-state index contributed by atoms with van der Waals surface area (Å²) in [5, 5.41) is 4.43. The molecule has 0 unspecified atom stereocenters. The number of hydrogen-bond acceptors (Lipinski definition) is 4. The molecule has 0 radical (unpaired) electrons. The van der Waals surface area contributed by atoms with E-state index < -0.39 is 0 Å². The highest BCUT2D eigenvalue weighted by molar-refractivity contribution is 5.69. The molecular weight excluding hydrogens is 266 g/mol. The fraction of sp³-hybridized carbons (Fsp3) is 0.375. The second-order valence-electron chi connectivity index (χ2n) is 5.07. The van der Waals surface area contributed by atoms with Crippen LogP contribution in [0.25, 0.3) is 11.3 Å². The molecule has 2 rings (SSSR count). The topological polar surface area (TPSA) is 70.1 Å². The fourth-order valence-corrected chi connectivity index (χ4v) is 2.18. The van der Waals surface area contributed by atoms with Crippen LogP contribution in [0.5, 0.6) is 5.75 Å². The Morgan fingerprint density at radius 1 is 1.33 bits per heavy atom. The molecule has 1 aromatic carbocycles. The molecule has 2 aromatic rings. The standard InChI is InChI=1S/C16H21N3O2/c1-4-5-8-19-16(20)13(17)10-14(18-19)12-9-11(2)6-7-15(12)21-3/h6-7,9-10H,4-5,8,17H2,1-3H3. The largest absolute Gasteiger partial charge is 0.496 e. The van der Waals surface area contributed by atoms with Gasteiger partial charge >= 0.3 is 0 Å². The molecule has 5 heteroatoms. The van der Waals surface area contributed by atoms with Crippen molar-refractivity contribution in [2.75, 3.05) is 12.8 Å². The highest BCUT2D eigenvalue weighted by Gasteiger charge is 2.12.